The highest BCUT2D eigenvalue weighted by atomic mass is 32.2. The third-order valence-corrected chi connectivity index (χ3v) is 3.93. The molecule has 0 radical (unpaired) electrons. The van der Waals surface area contributed by atoms with Gasteiger partial charge in [-0.2, -0.15) is 0 Å². The molecule has 1 aliphatic heterocycles. The molecule has 0 aliphatic carbocycles. The lowest BCUT2D eigenvalue weighted by Gasteiger charge is -2.15. The van der Waals surface area contributed by atoms with E-state index in [1.807, 2.05) is 30.1 Å². The number of hydrogen-bond acceptors (Lipinski definition) is 4. The number of hydrogen-bond donors (Lipinski definition) is 0. The van der Waals surface area contributed by atoms with Crippen molar-refractivity contribution in [3.63, 3.8) is 0 Å². The van der Waals surface area contributed by atoms with Gasteiger partial charge in [0.2, 0.25) is 5.91 Å². The van der Waals surface area contributed by atoms with Crippen molar-refractivity contribution in [2.45, 2.75) is 4.90 Å². The standard InChI is InChI=1S/C13H16N2O2S/c1-14(2)12(16)8-13-15(3)10-7-9(17-4)5-6-11(10)18-13/h5-8H,1-4H3/b13-8-. The second-order valence-corrected chi connectivity index (χ2v) is 5.27. The second kappa shape index (κ2) is 4.94. The predicted octanol–water partition coefficient (Wildman–Crippen LogP) is 2.17. The number of benzene rings is 1. The van der Waals surface area contributed by atoms with E-state index in [1.54, 1.807) is 43.9 Å². The molecule has 18 heavy (non-hydrogen) atoms. The summed E-state index contributed by atoms with van der Waals surface area (Å²) < 4.78 is 5.21. The lowest BCUT2D eigenvalue weighted by atomic mass is 10.3. The minimum atomic E-state index is -0.0101. The molecule has 0 N–H and O–H groups in total. The lowest BCUT2D eigenvalue weighted by molar-refractivity contribution is -0.123. The van der Waals surface area contributed by atoms with Crippen molar-refractivity contribution in [1.29, 1.82) is 0 Å². The van der Waals surface area contributed by atoms with Crippen LogP contribution in [-0.2, 0) is 4.79 Å². The number of thioether (sulfide) groups is 1. The number of carbonyl (C=O) groups is 1. The Morgan fingerprint density at radius 1 is 1.44 bits per heavy atom. The SMILES string of the molecule is COc1ccc2c(c1)N(C)/C(=C/C(=O)N(C)C)S2. The molecule has 0 aromatic heterocycles. The van der Waals surface area contributed by atoms with E-state index in [-0.39, 0.29) is 5.91 Å². The maximum Gasteiger partial charge on any atom is 0.248 e. The molecule has 0 atom stereocenters. The fraction of sp³-hybridized carbons (Fsp3) is 0.308. The summed E-state index contributed by atoms with van der Waals surface area (Å²) >= 11 is 1.59. The Balaban J connectivity index is 2.30. The number of carbonyl (C=O) groups excluding carboxylic acids is 1. The summed E-state index contributed by atoms with van der Waals surface area (Å²) in [6.07, 6.45) is 1.65. The fourth-order valence-corrected chi connectivity index (χ4v) is 2.69. The van der Waals surface area contributed by atoms with Gasteiger partial charge in [-0.1, -0.05) is 11.8 Å². The molecule has 1 aliphatic rings. The molecular formula is C13H16N2O2S. The molecule has 0 bridgehead atoms. The van der Waals surface area contributed by atoms with E-state index < -0.39 is 0 Å². The molecule has 0 spiro atoms. The molecule has 96 valence electrons. The lowest BCUT2D eigenvalue weighted by Crippen LogP contribution is -2.21. The van der Waals surface area contributed by atoms with Crippen molar-refractivity contribution >= 4 is 23.4 Å². The number of likely N-dealkylation sites (N-methyl/N-ethyl adjacent to an activating group) is 1. The van der Waals surface area contributed by atoms with Crippen LogP contribution in [0.15, 0.2) is 34.2 Å². The Hall–Kier alpha value is -1.62. The van der Waals surface area contributed by atoms with E-state index in [0.717, 1.165) is 21.4 Å². The molecule has 5 heteroatoms. The molecular weight excluding hydrogens is 248 g/mol. The van der Waals surface area contributed by atoms with Gasteiger partial charge in [-0.25, -0.2) is 0 Å². The van der Waals surface area contributed by atoms with Crippen molar-refractivity contribution < 1.29 is 9.53 Å². The number of ether oxygens (including phenoxy) is 1. The van der Waals surface area contributed by atoms with Crippen LogP contribution in [0.3, 0.4) is 0 Å². The summed E-state index contributed by atoms with van der Waals surface area (Å²) in [6, 6.07) is 5.91. The number of rotatable bonds is 2. The van der Waals surface area contributed by atoms with Crippen LogP contribution in [0.5, 0.6) is 5.75 Å². The Kier molecular flexibility index (Phi) is 3.52. The number of amides is 1. The van der Waals surface area contributed by atoms with Crippen molar-refractivity contribution in [2.24, 2.45) is 0 Å². The fourth-order valence-electron chi connectivity index (χ4n) is 1.63. The zero-order chi connectivity index (χ0) is 13.3. The van der Waals surface area contributed by atoms with E-state index in [2.05, 4.69) is 0 Å². The van der Waals surface area contributed by atoms with Crippen LogP contribution in [-0.4, -0.2) is 39.1 Å². The van der Waals surface area contributed by atoms with E-state index >= 15 is 0 Å². The maximum atomic E-state index is 11.7. The van der Waals surface area contributed by atoms with Gasteiger partial charge in [0, 0.05) is 38.2 Å². The predicted molar refractivity (Wildman–Crippen MR) is 74.0 cm³/mol. The molecule has 1 aromatic rings. The topological polar surface area (TPSA) is 32.8 Å². The largest absolute Gasteiger partial charge is 0.497 e. The summed E-state index contributed by atoms with van der Waals surface area (Å²) in [4.78, 5) is 16.4. The van der Waals surface area contributed by atoms with Crippen LogP contribution in [0.2, 0.25) is 0 Å². The van der Waals surface area contributed by atoms with Crippen LogP contribution in [0, 0.1) is 0 Å². The summed E-state index contributed by atoms with van der Waals surface area (Å²) in [5, 5.41) is 0.928. The van der Waals surface area contributed by atoms with Crippen molar-refractivity contribution in [3.05, 3.63) is 29.3 Å². The molecule has 4 nitrogen and oxygen atoms in total. The normalized spacial score (nSPS) is 15.8. The number of fused-ring (bicyclic) bond motifs is 1. The number of anilines is 1. The second-order valence-electron chi connectivity index (χ2n) is 4.21. The van der Waals surface area contributed by atoms with Crippen LogP contribution in [0.1, 0.15) is 0 Å². The van der Waals surface area contributed by atoms with E-state index in [9.17, 15) is 4.79 Å². The molecule has 0 saturated carbocycles. The Labute approximate surface area is 111 Å². The first kappa shape index (κ1) is 12.8. The minimum Gasteiger partial charge on any atom is -0.497 e. The van der Waals surface area contributed by atoms with Gasteiger partial charge in [-0.15, -0.1) is 0 Å². The smallest absolute Gasteiger partial charge is 0.248 e. The van der Waals surface area contributed by atoms with Gasteiger partial charge in [0.1, 0.15) is 5.75 Å². The summed E-state index contributed by atoms with van der Waals surface area (Å²) in [5.74, 6) is 0.811. The first-order chi connectivity index (χ1) is 8.52. The number of nitrogens with zero attached hydrogens (tertiary/aromatic N) is 2. The Morgan fingerprint density at radius 3 is 2.78 bits per heavy atom. The summed E-state index contributed by atoms with van der Waals surface area (Å²) in [7, 11) is 7.09. The van der Waals surface area contributed by atoms with Crippen LogP contribution < -0.4 is 9.64 Å². The quantitative estimate of drug-likeness (QED) is 0.766. The van der Waals surface area contributed by atoms with Crippen LogP contribution >= 0.6 is 11.8 Å². The Bertz CT molecular complexity index is 512. The van der Waals surface area contributed by atoms with Gasteiger partial charge in [-0.3, -0.25) is 4.79 Å². The van der Waals surface area contributed by atoms with Gasteiger partial charge in [0.15, 0.2) is 0 Å². The number of methoxy groups -OCH3 is 1. The minimum absolute atomic E-state index is 0.0101. The summed E-state index contributed by atoms with van der Waals surface area (Å²) in [5.41, 5.74) is 1.07. The zero-order valence-corrected chi connectivity index (χ0v) is 11.7. The molecule has 0 fully saturated rings. The third-order valence-electron chi connectivity index (χ3n) is 2.76. The highest BCUT2D eigenvalue weighted by Gasteiger charge is 2.23. The van der Waals surface area contributed by atoms with Gasteiger partial charge in [0.05, 0.1) is 17.8 Å². The maximum absolute atomic E-state index is 11.7. The van der Waals surface area contributed by atoms with Crippen LogP contribution in [0.4, 0.5) is 5.69 Å². The summed E-state index contributed by atoms with van der Waals surface area (Å²) in [6.45, 7) is 0. The molecule has 1 amide bonds. The first-order valence-electron chi connectivity index (χ1n) is 5.55. The van der Waals surface area contributed by atoms with Crippen molar-refractivity contribution in [2.75, 3.05) is 33.2 Å². The Morgan fingerprint density at radius 2 is 2.17 bits per heavy atom. The molecule has 0 unspecified atom stereocenters. The molecule has 1 heterocycles. The van der Waals surface area contributed by atoms with Gasteiger partial charge >= 0.3 is 0 Å². The zero-order valence-electron chi connectivity index (χ0n) is 10.9. The van der Waals surface area contributed by atoms with Crippen molar-refractivity contribution in [3.8, 4) is 5.75 Å². The monoisotopic (exact) mass is 264 g/mol. The molecule has 1 aromatic carbocycles. The van der Waals surface area contributed by atoms with Crippen molar-refractivity contribution in [1.82, 2.24) is 4.90 Å². The van der Waals surface area contributed by atoms with Gasteiger partial charge in [-0.05, 0) is 12.1 Å². The van der Waals surface area contributed by atoms with Gasteiger partial charge < -0.3 is 14.5 Å². The highest BCUT2D eigenvalue weighted by molar-refractivity contribution is 8.03. The molecule has 0 saturated heterocycles. The highest BCUT2D eigenvalue weighted by Crippen LogP contribution is 2.46. The van der Waals surface area contributed by atoms with Crippen LogP contribution in [0.25, 0.3) is 0 Å². The molecule has 2 rings (SSSR count). The average molecular weight is 264 g/mol. The van der Waals surface area contributed by atoms with E-state index in [0.29, 0.717) is 0 Å². The van der Waals surface area contributed by atoms with Gasteiger partial charge in [0.25, 0.3) is 0 Å². The van der Waals surface area contributed by atoms with E-state index in [1.165, 1.54) is 0 Å². The average Bonchev–Trinajstić information content (AvgIpc) is 2.66. The van der Waals surface area contributed by atoms with E-state index in [4.69, 9.17) is 4.74 Å². The third kappa shape index (κ3) is 2.31. The first-order valence-corrected chi connectivity index (χ1v) is 6.37.